The van der Waals surface area contributed by atoms with E-state index in [2.05, 4.69) is 53.7 Å². The van der Waals surface area contributed by atoms with Crippen LogP contribution in [0.2, 0.25) is 0 Å². The van der Waals surface area contributed by atoms with E-state index in [0.29, 0.717) is 5.92 Å². The molecule has 5 heteroatoms. The van der Waals surface area contributed by atoms with Gasteiger partial charge in [-0.15, -0.1) is 11.8 Å². The number of nitrogens with one attached hydrogen (secondary N) is 2. The Morgan fingerprint density at radius 1 is 1.18 bits per heavy atom. The molecule has 0 radical (unpaired) electrons. The average Bonchev–Trinajstić information content (AvgIpc) is 2.53. The first-order chi connectivity index (χ1) is 10.7. The second kappa shape index (κ2) is 12.4. The normalized spacial score (nSPS) is 11.7. The highest BCUT2D eigenvalue weighted by Gasteiger charge is 1.98. The van der Waals surface area contributed by atoms with E-state index in [-0.39, 0.29) is 0 Å². The predicted octanol–water partition coefficient (Wildman–Crippen LogP) is 3.01. The van der Waals surface area contributed by atoms with Crippen molar-refractivity contribution in [2.75, 3.05) is 39.1 Å². The molecule has 0 spiro atoms. The van der Waals surface area contributed by atoms with Gasteiger partial charge in [-0.1, -0.05) is 32.0 Å². The largest absolute Gasteiger partial charge is 0.381 e. The summed E-state index contributed by atoms with van der Waals surface area (Å²) in [6, 6.07) is 10.4. The minimum atomic E-state index is 0.601. The number of hydrogen-bond acceptors (Lipinski definition) is 3. The van der Waals surface area contributed by atoms with E-state index in [1.54, 1.807) is 7.05 Å². The molecule has 0 aromatic heterocycles. The first-order valence-electron chi connectivity index (χ1n) is 7.92. The third-order valence-electron chi connectivity index (χ3n) is 2.84. The number of aliphatic imine (C=N–C) groups is 1. The summed E-state index contributed by atoms with van der Waals surface area (Å²) in [7, 11) is 1.80. The molecule has 0 heterocycles. The maximum atomic E-state index is 5.55. The zero-order valence-electron chi connectivity index (χ0n) is 14.0. The molecule has 1 aromatic carbocycles. The number of rotatable bonds is 10. The molecule has 0 aliphatic heterocycles. The van der Waals surface area contributed by atoms with Crippen LogP contribution in [0.25, 0.3) is 0 Å². The lowest BCUT2D eigenvalue weighted by Gasteiger charge is -2.12. The molecule has 0 aliphatic carbocycles. The lowest BCUT2D eigenvalue weighted by Crippen LogP contribution is -2.39. The average molecular weight is 324 g/mol. The van der Waals surface area contributed by atoms with Crippen molar-refractivity contribution < 1.29 is 4.74 Å². The third-order valence-corrected chi connectivity index (χ3v) is 3.85. The van der Waals surface area contributed by atoms with E-state index in [9.17, 15) is 0 Å². The van der Waals surface area contributed by atoms with Crippen molar-refractivity contribution in [2.24, 2.45) is 10.9 Å². The molecule has 124 valence electrons. The van der Waals surface area contributed by atoms with Gasteiger partial charge < -0.3 is 15.4 Å². The van der Waals surface area contributed by atoms with Gasteiger partial charge in [0.15, 0.2) is 5.96 Å². The summed E-state index contributed by atoms with van der Waals surface area (Å²) in [6.07, 6.45) is 0.992. The number of hydrogen-bond donors (Lipinski definition) is 2. The molecule has 0 amide bonds. The summed E-state index contributed by atoms with van der Waals surface area (Å²) >= 11 is 1.85. The lowest BCUT2D eigenvalue weighted by atomic mass is 10.2. The van der Waals surface area contributed by atoms with Crippen LogP contribution in [0.1, 0.15) is 20.3 Å². The van der Waals surface area contributed by atoms with Gasteiger partial charge in [-0.2, -0.15) is 0 Å². The smallest absolute Gasteiger partial charge is 0.191 e. The lowest BCUT2D eigenvalue weighted by molar-refractivity contribution is 0.108. The minimum Gasteiger partial charge on any atom is -0.381 e. The number of benzene rings is 1. The Bertz CT molecular complexity index is 410. The third kappa shape index (κ3) is 9.68. The molecule has 1 rings (SSSR count). The predicted molar refractivity (Wildman–Crippen MR) is 96.8 cm³/mol. The maximum Gasteiger partial charge on any atom is 0.191 e. The zero-order chi connectivity index (χ0) is 16.0. The van der Waals surface area contributed by atoms with Crippen molar-refractivity contribution in [3.63, 3.8) is 0 Å². The van der Waals surface area contributed by atoms with E-state index in [1.165, 1.54) is 4.90 Å². The quantitative estimate of drug-likeness (QED) is 0.301. The minimum absolute atomic E-state index is 0.601. The van der Waals surface area contributed by atoms with Crippen molar-refractivity contribution in [1.29, 1.82) is 0 Å². The maximum absolute atomic E-state index is 5.55. The van der Waals surface area contributed by atoms with Crippen molar-refractivity contribution in [3.05, 3.63) is 30.3 Å². The summed E-state index contributed by atoms with van der Waals surface area (Å²) in [5.74, 6) is 2.48. The fourth-order valence-corrected chi connectivity index (χ4v) is 2.57. The topological polar surface area (TPSA) is 45.7 Å². The van der Waals surface area contributed by atoms with Gasteiger partial charge in [-0.3, -0.25) is 4.99 Å². The van der Waals surface area contributed by atoms with Crippen LogP contribution in [-0.2, 0) is 4.74 Å². The first kappa shape index (κ1) is 18.8. The molecule has 0 aliphatic rings. The fourth-order valence-electron chi connectivity index (χ4n) is 1.78. The second-order valence-electron chi connectivity index (χ2n) is 5.41. The number of thioether (sulfide) groups is 1. The van der Waals surface area contributed by atoms with Gasteiger partial charge in [0.1, 0.15) is 0 Å². The fraction of sp³-hybridized carbons (Fsp3) is 0.588. The summed E-state index contributed by atoms with van der Waals surface area (Å²) in [5, 5.41) is 6.63. The van der Waals surface area contributed by atoms with E-state index in [4.69, 9.17) is 4.74 Å². The van der Waals surface area contributed by atoms with Crippen LogP contribution in [0.5, 0.6) is 0 Å². The van der Waals surface area contributed by atoms with Crippen LogP contribution >= 0.6 is 11.8 Å². The van der Waals surface area contributed by atoms with Gasteiger partial charge >= 0.3 is 0 Å². The molecule has 1 aromatic rings. The van der Waals surface area contributed by atoms with Gasteiger partial charge in [0.25, 0.3) is 0 Å². The van der Waals surface area contributed by atoms with Crippen molar-refractivity contribution >= 4 is 17.7 Å². The molecule has 0 atom stereocenters. The number of nitrogens with zero attached hydrogens (tertiary/aromatic N) is 1. The van der Waals surface area contributed by atoms with E-state index < -0.39 is 0 Å². The van der Waals surface area contributed by atoms with Gasteiger partial charge in [-0.05, 0) is 24.5 Å². The molecule has 0 saturated heterocycles. The van der Waals surface area contributed by atoms with Crippen LogP contribution in [0.3, 0.4) is 0 Å². The Labute approximate surface area is 139 Å². The summed E-state index contributed by atoms with van der Waals surface area (Å²) in [5.41, 5.74) is 0. The molecule has 0 saturated carbocycles. The molecule has 22 heavy (non-hydrogen) atoms. The molecule has 2 N–H and O–H groups in total. The van der Waals surface area contributed by atoms with Gasteiger partial charge in [0.05, 0.1) is 0 Å². The SMILES string of the molecule is CN=C(NCCCOCC(C)C)NCCSc1ccccc1. The first-order valence-corrected chi connectivity index (χ1v) is 8.91. The van der Waals surface area contributed by atoms with Gasteiger partial charge in [-0.25, -0.2) is 0 Å². The molecule has 0 fully saturated rings. The van der Waals surface area contributed by atoms with Crippen LogP contribution in [-0.4, -0.2) is 45.1 Å². The van der Waals surface area contributed by atoms with Crippen LogP contribution < -0.4 is 10.6 Å². The molecule has 0 unspecified atom stereocenters. The van der Waals surface area contributed by atoms with Crippen molar-refractivity contribution in [1.82, 2.24) is 10.6 Å². The molecule has 4 nitrogen and oxygen atoms in total. The molecular formula is C17H29N3OS. The Balaban J connectivity index is 2.03. The van der Waals surface area contributed by atoms with Crippen LogP contribution in [0.4, 0.5) is 0 Å². The van der Waals surface area contributed by atoms with Gasteiger partial charge in [0.2, 0.25) is 0 Å². The van der Waals surface area contributed by atoms with Gasteiger partial charge in [0, 0.05) is 44.0 Å². The Morgan fingerprint density at radius 3 is 2.59 bits per heavy atom. The Kier molecular flexibility index (Phi) is 10.6. The standard InChI is InChI=1S/C17H29N3OS/c1-15(2)14-21-12-7-10-19-17(18-3)20-11-13-22-16-8-5-4-6-9-16/h4-6,8-9,15H,7,10-14H2,1-3H3,(H2,18,19,20). The highest BCUT2D eigenvalue weighted by Crippen LogP contribution is 2.15. The monoisotopic (exact) mass is 323 g/mol. The molecular weight excluding hydrogens is 294 g/mol. The van der Waals surface area contributed by atoms with Crippen LogP contribution in [0, 0.1) is 5.92 Å². The zero-order valence-corrected chi connectivity index (χ0v) is 14.8. The highest BCUT2D eigenvalue weighted by atomic mass is 32.2. The summed E-state index contributed by atoms with van der Waals surface area (Å²) in [4.78, 5) is 5.52. The Morgan fingerprint density at radius 2 is 1.91 bits per heavy atom. The van der Waals surface area contributed by atoms with E-state index in [1.807, 2.05) is 17.8 Å². The number of guanidine groups is 1. The molecule has 0 bridgehead atoms. The van der Waals surface area contributed by atoms with Crippen molar-refractivity contribution in [3.8, 4) is 0 Å². The highest BCUT2D eigenvalue weighted by molar-refractivity contribution is 7.99. The van der Waals surface area contributed by atoms with E-state index in [0.717, 1.165) is 44.4 Å². The number of ether oxygens (including phenoxy) is 1. The summed E-state index contributed by atoms with van der Waals surface area (Å²) < 4.78 is 5.55. The second-order valence-corrected chi connectivity index (χ2v) is 6.58. The van der Waals surface area contributed by atoms with E-state index >= 15 is 0 Å². The summed E-state index contributed by atoms with van der Waals surface area (Å²) in [6.45, 7) is 7.73. The Hall–Kier alpha value is -1.20. The van der Waals surface area contributed by atoms with Crippen molar-refractivity contribution in [2.45, 2.75) is 25.2 Å². The van der Waals surface area contributed by atoms with Crippen LogP contribution in [0.15, 0.2) is 40.2 Å².